The Hall–Kier alpha value is -3.16. The number of nitrogens with one attached hydrogen (secondary N) is 1. The van der Waals surface area contributed by atoms with Crippen LogP contribution in [0.3, 0.4) is 0 Å². The van der Waals surface area contributed by atoms with Crippen molar-refractivity contribution in [1.82, 2.24) is 10.2 Å². The highest BCUT2D eigenvalue weighted by atomic mass is 19.2. The maximum atomic E-state index is 13.3. The molecular weight excluding hydrogens is 418 g/mol. The molecule has 0 spiro atoms. The summed E-state index contributed by atoms with van der Waals surface area (Å²) >= 11 is 0. The molecule has 2 aliphatic rings. The van der Waals surface area contributed by atoms with Crippen LogP contribution in [0.1, 0.15) is 41.6 Å². The van der Waals surface area contributed by atoms with Gasteiger partial charge >= 0.3 is 0 Å². The molecule has 1 fully saturated rings. The van der Waals surface area contributed by atoms with Crippen molar-refractivity contribution >= 4 is 11.8 Å². The van der Waals surface area contributed by atoms with Gasteiger partial charge in [0, 0.05) is 31.6 Å². The average Bonchev–Trinajstić information content (AvgIpc) is 2.83. The molecule has 1 saturated heterocycles. The number of hydrogen-bond acceptors (Lipinski definition) is 4. The number of amides is 2. The Morgan fingerprint density at radius 3 is 2.66 bits per heavy atom. The topological polar surface area (TPSA) is 67.9 Å². The molecule has 0 bridgehead atoms. The molecule has 170 valence electrons. The fourth-order valence-electron chi connectivity index (χ4n) is 4.12. The third-order valence-corrected chi connectivity index (χ3v) is 5.85. The van der Waals surface area contributed by atoms with E-state index in [9.17, 15) is 18.4 Å². The summed E-state index contributed by atoms with van der Waals surface area (Å²) in [5, 5.41) is 2.74. The Morgan fingerprint density at radius 2 is 1.84 bits per heavy atom. The smallest absolute Gasteiger partial charge is 0.254 e. The van der Waals surface area contributed by atoms with Crippen LogP contribution in [0.5, 0.6) is 11.5 Å². The standard InChI is InChI=1S/C24H26F2N2O4/c25-19-6-3-17(12-20(19)26)14-27-23(29)8-4-16-2-1-9-28(15-16)24(30)18-5-7-21-22(13-18)32-11-10-31-21/h3,5-7,12-13,16H,1-2,4,8-11,14-15H2,(H,27,29). The molecule has 2 aliphatic heterocycles. The molecule has 0 aliphatic carbocycles. The van der Waals surface area contributed by atoms with Crippen LogP contribution in [0.4, 0.5) is 8.78 Å². The zero-order valence-corrected chi connectivity index (χ0v) is 17.7. The number of carbonyl (C=O) groups is 2. The maximum absolute atomic E-state index is 13.3. The number of rotatable bonds is 6. The molecule has 1 N–H and O–H groups in total. The predicted molar refractivity (Wildman–Crippen MR) is 113 cm³/mol. The number of hydrogen-bond donors (Lipinski definition) is 1. The number of ether oxygens (including phenoxy) is 2. The fourth-order valence-corrected chi connectivity index (χ4v) is 4.12. The first-order valence-corrected chi connectivity index (χ1v) is 10.9. The van der Waals surface area contributed by atoms with Gasteiger partial charge in [0.15, 0.2) is 23.1 Å². The third kappa shape index (κ3) is 5.36. The molecule has 1 unspecified atom stereocenters. The summed E-state index contributed by atoms with van der Waals surface area (Å²) in [7, 11) is 0. The predicted octanol–water partition coefficient (Wildman–Crippen LogP) is 3.68. The molecule has 2 amide bonds. The number of halogens is 2. The van der Waals surface area contributed by atoms with Gasteiger partial charge in [-0.05, 0) is 61.1 Å². The molecule has 4 rings (SSSR count). The normalized spacial score (nSPS) is 17.7. The van der Waals surface area contributed by atoms with E-state index in [4.69, 9.17) is 9.47 Å². The minimum absolute atomic E-state index is 0.0468. The van der Waals surface area contributed by atoms with Gasteiger partial charge < -0.3 is 19.7 Å². The largest absolute Gasteiger partial charge is 0.486 e. The SMILES string of the molecule is O=C(CCC1CCCN(C(=O)c2ccc3c(c2)OCCO3)C1)NCc1ccc(F)c(F)c1. The number of nitrogens with zero attached hydrogens (tertiary/aromatic N) is 1. The van der Waals surface area contributed by atoms with E-state index in [0.717, 1.165) is 25.0 Å². The molecule has 32 heavy (non-hydrogen) atoms. The van der Waals surface area contributed by atoms with Gasteiger partial charge in [0.2, 0.25) is 5.91 Å². The summed E-state index contributed by atoms with van der Waals surface area (Å²) in [6.45, 7) is 2.41. The molecule has 2 heterocycles. The van der Waals surface area contributed by atoms with Crippen LogP contribution < -0.4 is 14.8 Å². The third-order valence-electron chi connectivity index (χ3n) is 5.85. The number of piperidine rings is 1. The fraction of sp³-hybridized carbons (Fsp3) is 0.417. The van der Waals surface area contributed by atoms with Crippen molar-refractivity contribution in [3.05, 3.63) is 59.2 Å². The zero-order chi connectivity index (χ0) is 22.5. The summed E-state index contributed by atoms with van der Waals surface area (Å²) in [5.74, 6) is -0.556. The first-order chi connectivity index (χ1) is 15.5. The summed E-state index contributed by atoms with van der Waals surface area (Å²) < 4.78 is 37.3. The maximum Gasteiger partial charge on any atom is 0.254 e. The summed E-state index contributed by atoms with van der Waals surface area (Å²) in [6.07, 6.45) is 2.83. The van der Waals surface area contributed by atoms with Crippen LogP contribution in [0, 0.1) is 17.6 Å². The molecule has 0 radical (unpaired) electrons. The van der Waals surface area contributed by atoms with Crippen molar-refractivity contribution in [2.75, 3.05) is 26.3 Å². The molecule has 0 aromatic heterocycles. The number of likely N-dealkylation sites (tertiary alicyclic amines) is 1. The second kappa shape index (κ2) is 9.97. The van der Waals surface area contributed by atoms with Crippen LogP contribution in [0.25, 0.3) is 0 Å². The van der Waals surface area contributed by atoms with Crippen molar-refractivity contribution in [3.63, 3.8) is 0 Å². The Labute approximate surface area is 185 Å². The second-order valence-electron chi connectivity index (χ2n) is 8.18. The van der Waals surface area contributed by atoms with E-state index >= 15 is 0 Å². The van der Waals surface area contributed by atoms with Gasteiger partial charge in [-0.25, -0.2) is 8.78 Å². The van der Waals surface area contributed by atoms with Gasteiger partial charge in [0.05, 0.1) is 0 Å². The summed E-state index contributed by atoms with van der Waals surface area (Å²) in [4.78, 5) is 27.0. The Morgan fingerprint density at radius 1 is 1.03 bits per heavy atom. The molecular formula is C24H26F2N2O4. The van der Waals surface area contributed by atoms with Crippen molar-refractivity contribution in [2.24, 2.45) is 5.92 Å². The summed E-state index contributed by atoms with van der Waals surface area (Å²) in [6, 6.07) is 8.82. The Kier molecular flexibility index (Phi) is 6.87. The van der Waals surface area contributed by atoms with E-state index in [-0.39, 0.29) is 24.3 Å². The highest BCUT2D eigenvalue weighted by Crippen LogP contribution is 2.32. The Balaban J connectivity index is 1.26. The average molecular weight is 444 g/mol. The zero-order valence-electron chi connectivity index (χ0n) is 17.7. The van der Waals surface area contributed by atoms with Crippen molar-refractivity contribution in [3.8, 4) is 11.5 Å². The van der Waals surface area contributed by atoms with Crippen LogP contribution in [-0.4, -0.2) is 43.0 Å². The highest BCUT2D eigenvalue weighted by molar-refractivity contribution is 5.95. The van der Waals surface area contributed by atoms with Crippen LogP contribution >= 0.6 is 0 Å². The molecule has 8 heteroatoms. The molecule has 0 saturated carbocycles. The van der Waals surface area contributed by atoms with Gasteiger partial charge in [-0.15, -0.1) is 0 Å². The molecule has 6 nitrogen and oxygen atoms in total. The lowest BCUT2D eigenvalue weighted by atomic mass is 9.92. The number of fused-ring (bicyclic) bond motifs is 1. The van der Waals surface area contributed by atoms with E-state index in [0.29, 0.717) is 61.8 Å². The van der Waals surface area contributed by atoms with Crippen LogP contribution in [0.15, 0.2) is 36.4 Å². The van der Waals surface area contributed by atoms with Gasteiger partial charge in [-0.1, -0.05) is 6.07 Å². The van der Waals surface area contributed by atoms with E-state index < -0.39 is 11.6 Å². The first-order valence-electron chi connectivity index (χ1n) is 10.9. The van der Waals surface area contributed by atoms with E-state index in [1.807, 2.05) is 4.90 Å². The summed E-state index contributed by atoms with van der Waals surface area (Å²) in [5.41, 5.74) is 1.07. The lowest BCUT2D eigenvalue weighted by Crippen LogP contribution is -2.40. The lowest BCUT2D eigenvalue weighted by Gasteiger charge is -2.33. The lowest BCUT2D eigenvalue weighted by molar-refractivity contribution is -0.121. The minimum atomic E-state index is -0.929. The van der Waals surface area contributed by atoms with Gasteiger partial charge in [-0.3, -0.25) is 9.59 Å². The number of benzene rings is 2. The molecule has 2 aromatic carbocycles. The second-order valence-corrected chi connectivity index (χ2v) is 8.18. The minimum Gasteiger partial charge on any atom is -0.486 e. The highest BCUT2D eigenvalue weighted by Gasteiger charge is 2.26. The quantitative estimate of drug-likeness (QED) is 0.738. The van der Waals surface area contributed by atoms with E-state index in [1.165, 1.54) is 6.07 Å². The van der Waals surface area contributed by atoms with Crippen molar-refractivity contribution < 1.29 is 27.8 Å². The van der Waals surface area contributed by atoms with Gasteiger partial charge in [0.1, 0.15) is 13.2 Å². The van der Waals surface area contributed by atoms with Crippen LogP contribution in [0.2, 0.25) is 0 Å². The van der Waals surface area contributed by atoms with E-state index in [1.54, 1.807) is 18.2 Å². The van der Waals surface area contributed by atoms with Crippen molar-refractivity contribution in [2.45, 2.75) is 32.2 Å². The monoisotopic (exact) mass is 444 g/mol. The number of carbonyl (C=O) groups excluding carboxylic acids is 2. The Bertz CT molecular complexity index is 998. The van der Waals surface area contributed by atoms with Gasteiger partial charge in [0.25, 0.3) is 5.91 Å². The van der Waals surface area contributed by atoms with Crippen molar-refractivity contribution in [1.29, 1.82) is 0 Å². The molecule has 2 aromatic rings. The van der Waals surface area contributed by atoms with Gasteiger partial charge in [-0.2, -0.15) is 0 Å². The molecule has 1 atom stereocenters. The van der Waals surface area contributed by atoms with E-state index in [2.05, 4.69) is 5.32 Å². The van der Waals surface area contributed by atoms with Crippen LogP contribution in [-0.2, 0) is 11.3 Å². The first kappa shape index (κ1) is 22.0.